The Morgan fingerprint density at radius 3 is 2.57 bits per heavy atom. The van der Waals surface area contributed by atoms with Crippen LogP contribution in [0.1, 0.15) is 19.4 Å². The van der Waals surface area contributed by atoms with Crippen molar-refractivity contribution in [3.05, 3.63) is 29.8 Å². The zero-order valence-corrected chi connectivity index (χ0v) is 8.02. The van der Waals surface area contributed by atoms with Crippen molar-refractivity contribution in [3.63, 3.8) is 0 Å². The minimum atomic E-state index is -0.400. The molecule has 74 valence electrons. The van der Waals surface area contributed by atoms with Gasteiger partial charge >= 0.3 is 5.97 Å². The number of carbonyl (C=O) groups excluding carboxylic acids is 1. The van der Waals surface area contributed by atoms with Crippen molar-refractivity contribution in [2.75, 3.05) is 0 Å². The third-order valence-electron chi connectivity index (χ3n) is 1.68. The molecule has 0 saturated carbocycles. The van der Waals surface area contributed by atoms with E-state index in [1.165, 1.54) is 6.92 Å². The SMILES string of the molecule is CC(=O)Oc1ccccc1/C(C)=N\O. The molecule has 0 heterocycles. The number of hydrogen-bond donors (Lipinski definition) is 1. The molecule has 0 aliphatic heterocycles. The number of rotatable bonds is 2. The summed E-state index contributed by atoms with van der Waals surface area (Å²) in [6.45, 7) is 2.95. The lowest BCUT2D eigenvalue weighted by atomic mass is 10.1. The van der Waals surface area contributed by atoms with E-state index in [1.807, 2.05) is 0 Å². The molecule has 1 N–H and O–H groups in total. The van der Waals surface area contributed by atoms with Gasteiger partial charge in [-0.2, -0.15) is 0 Å². The van der Waals surface area contributed by atoms with Gasteiger partial charge in [-0.05, 0) is 19.1 Å². The third kappa shape index (κ3) is 2.32. The Kier molecular flexibility index (Phi) is 3.23. The number of para-hydroxylation sites is 1. The molecule has 0 aliphatic carbocycles. The molecule has 0 saturated heterocycles. The lowest BCUT2D eigenvalue weighted by molar-refractivity contribution is -0.131. The van der Waals surface area contributed by atoms with E-state index in [2.05, 4.69) is 5.16 Å². The number of ether oxygens (including phenoxy) is 1. The Morgan fingerprint density at radius 1 is 1.36 bits per heavy atom. The highest BCUT2D eigenvalue weighted by molar-refractivity contribution is 6.01. The summed E-state index contributed by atoms with van der Waals surface area (Å²) in [5.41, 5.74) is 1.01. The zero-order chi connectivity index (χ0) is 10.6. The van der Waals surface area contributed by atoms with Gasteiger partial charge in [0.1, 0.15) is 5.75 Å². The van der Waals surface area contributed by atoms with Crippen molar-refractivity contribution >= 4 is 11.7 Å². The maximum atomic E-state index is 10.8. The minimum absolute atomic E-state index is 0.398. The van der Waals surface area contributed by atoms with Gasteiger partial charge in [0, 0.05) is 12.5 Å². The second-order valence-corrected chi connectivity index (χ2v) is 2.78. The summed E-state index contributed by atoms with van der Waals surface area (Å²) in [6.07, 6.45) is 0. The van der Waals surface area contributed by atoms with Crippen LogP contribution in [0.5, 0.6) is 5.75 Å². The topological polar surface area (TPSA) is 58.9 Å². The lowest BCUT2D eigenvalue weighted by Gasteiger charge is -2.06. The van der Waals surface area contributed by atoms with Gasteiger partial charge in [0.25, 0.3) is 0 Å². The summed E-state index contributed by atoms with van der Waals surface area (Å²) in [5.74, 6) is -0.00140. The highest BCUT2D eigenvalue weighted by Gasteiger charge is 2.07. The Morgan fingerprint density at radius 2 is 2.00 bits per heavy atom. The van der Waals surface area contributed by atoms with E-state index in [-0.39, 0.29) is 0 Å². The van der Waals surface area contributed by atoms with E-state index in [4.69, 9.17) is 9.94 Å². The van der Waals surface area contributed by atoms with Crippen molar-refractivity contribution in [1.29, 1.82) is 0 Å². The molecule has 4 heteroatoms. The molecular weight excluding hydrogens is 182 g/mol. The van der Waals surface area contributed by atoms with Crippen molar-refractivity contribution in [2.45, 2.75) is 13.8 Å². The number of oxime groups is 1. The maximum absolute atomic E-state index is 10.8. The fourth-order valence-electron chi connectivity index (χ4n) is 1.06. The van der Waals surface area contributed by atoms with Gasteiger partial charge < -0.3 is 9.94 Å². The molecule has 0 aliphatic rings. The van der Waals surface area contributed by atoms with E-state index < -0.39 is 5.97 Å². The molecule has 1 aromatic carbocycles. The van der Waals surface area contributed by atoms with Crippen LogP contribution in [-0.2, 0) is 4.79 Å². The van der Waals surface area contributed by atoms with Crippen LogP contribution >= 0.6 is 0 Å². The number of carbonyl (C=O) groups is 1. The summed E-state index contributed by atoms with van der Waals surface area (Å²) in [5, 5.41) is 11.6. The van der Waals surface area contributed by atoms with Crippen LogP contribution in [0.2, 0.25) is 0 Å². The number of hydrogen-bond acceptors (Lipinski definition) is 4. The van der Waals surface area contributed by atoms with Crippen LogP contribution < -0.4 is 4.74 Å². The minimum Gasteiger partial charge on any atom is -0.426 e. The molecular formula is C10H11NO3. The molecule has 0 unspecified atom stereocenters. The van der Waals surface area contributed by atoms with Gasteiger partial charge in [0.2, 0.25) is 0 Å². The van der Waals surface area contributed by atoms with E-state index >= 15 is 0 Å². The molecule has 0 atom stereocenters. The fourth-order valence-corrected chi connectivity index (χ4v) is 1.06. The van der Waals surface area contributed by atoms with E-state index in [0.29, 0.717) is 17.0 Å². The van der Waals surface area contributed by atoms with Crippen LogP contribution in [0.25, 0.3) is 0 Å². The molecule has 1 rings (SSSR count). The first-order chi connectivity index (χ1) is 6.65. The van der Waals surface area contributed by atoms with E-state index in [1.54, 1.807) is 31.2 Å². The van der Waals surface area contributed by atoms with Crippen molar-refractivity contribution < 1.29 is 14.7 Å². The lowest BCUT2D eigenvalue weighted by Crippen LogP contribution is -2.06. The second-order valence-electron chi connectivity index (χ2n) is 2.78. The van der Waals surface area contributed by atoms with Crippen LogP contribution in [0, 0.1) is 0 Å². The fraction of sp³-hybridized carbons (Fsp3) is 0.200. The smallest absolute Gasteiger partial charge is 0.308 e. The molecule has 1 aromatic rings. The second kappa shape index (κ2) is 4.41. The van der Waals surface area contributed by atoms with Crippen LogP contribution in [0.3, 0.4) is 0 Å². The average molecular weight is 193 g/mol. The zero-order valence-electron chi connectivity index (χ0n) is 8.02. The van der Waals surface area contributed by atoms with Gasteiger partial charge in [-0.3, -0.25) is 4.79 Å². The Labute approximate surface area is 81.8 Å². The summed E-state index contributed by atoms with van der Waals surface area (Å²) < 4.78 is 4.94. The number of esters is 1. The van der Waals surface area contributed by atoms with Gasteiger partial charge in [-0.15, -0.1) is 0 Å². The van der Waals surface area contributed by atoms with Crippen molar-refractivity contribution in [2.24, 2.45) is 5.16 Å². The molecule has 0 bridgehead atoms. The standard InChI is InChI=1S/C10H11NO3/c1-7(11-13)9-5-3-4-6-10(9)14-8(2)12/h3-6,13H,1-2H3/b11-7-. The van der Waals surface area contributed by atoms with E-state index in [9.17, 15) is 4.79 Å². The Balaban J connectivity index is 3.09. The van der Waals surface area contributed by atoms with Gasteiger partial charge in [-0.1, -0.05) is 17.3 Å². The predicted molar refractivity (Wildman–Crippen MR) is 51.7 cm³/mol. The van der Waals surface area contributed by atoms with Gasteiger partial charge in [-0.25, -0.2) is 0 Å². The summed E-state index contributed by atoms with van der Waals surface area (Å²) in [7, 11) is 0. The van der Waals surface area contributed by atoms with Crippen LogP contribution in [0.4, 0.5) is 0 Å². The van der Waals surface area contributed by atoms with Crippen molar-refractivity contribution in [1.82, 2.24) is 0 Å². The third-order valence-corrected chi connectivity index (χ3v) is 1.68. The molecule has 14 heavy (non-hydrogen) atoms. The monoisotopic (exact) mass is 193 g/mol. The summed E-state index contributed by atoms with van der Waals surface area (Å²) in [4.78, 5) is 10.8. The van der Waals surface area contributed by atoms with Crippen LogP contribution in [0.15, 0.2) is 29.4 Å². The molecule has 0 aromatic heterocycles. The average Bonchev–Trinajstić information content (AvgIpc) is 2.16. The van der Waals surface area contributed by atoms with Crippen molar-refractivity contribution in [3.8, 4) is 5.75 Å². The maximum Gasteiger partial charge on any atom is 0.308 e. The summed E-state index contributed by atoms with van der Waals surface area (Å²) >= 11 is 0. The van der Waals surface area contributed by atoms with Gasteiger partial charge in [0.15, 0.2) is 0 Å². The van der Waals surface area contributed by atoms with Gasteiger partial charge in [0.05, 0.1) is 5.71 Å². The number of benzene rings is 1. The largest absolute Gasteiger partial charge is 0.426 e. The summed E-state index contributed by atoms with van der Waals surface area (Å²) in [6, 6.07) is 6.88. The highest BCUT2D eigenvalue weighted by Crippen LogP contribution is 2.18. The molecule has 0 radical (unpaired) electrons. The normalized spacial score (nSPS) is 11.1. The Bertz CT molecular complexity index is 371. The van der Waals surface area contributed by atoms with E-state index in [0.717, 1.165) is 0 Å². The molecule has 0 fully saturated rings. The first-order valence-corrected chi connectivity index (χ1v) is 4.11. The molecule has 4 nitrogen and oxygen atoms in total. The molecule has 0 spiro atoms. The first-order valence-electron chi connectivity index (χ1n) is 4.11. The molecule has 0 amide bonds. The predicted octanol–water partition coefficient (Wildman–Crippen LogP) is 1.81. The number of nitrogens with zero attached hydrogens (tertiary/aromatic N) is 1. The van der Waals surface area contributed by atoms with Crippen LogP contribution in [-0.4, -0.2) is 16.9 Å². The highest BCUT2D eigenvalue weighted by atomic mass is 16.5. The first kappa shape index (κ1) is 10.2. The quantitative estimate of drug-likeness (QED) is 0.256. The Hall–Kier alpha value is -1.84.